The number of hydrogen-bond acceptors (Lipinski definition) is 3. The van der Waals surface area contributed by atoms with E-state index in [1.165, 1.54) is 0 Å². The predicted molar refractivity (Wildman–Crippen MR) is 48.1 cm³/mol. The molecule has 0 saturated carbocycles. The van der Waals surface area contributed by atoms with Crippen LogP contribution in [-0.4, -0.2) is 18.9 Å². The third-order valence-corrected chi connectivity index (χ3v) is 2.20. The van der Waals surface area contributed by atoms with Crippen molar-refractivity contribution in [3.05, 3.63) is 12.2 Å². The number of hydrogen-bond donors (Lipinski definition) is 0. The highest BCUT2D eigenvalue weighted by Crippen LogP contribution is 2.23. The van der Waals surface area contributed by atoms with Crippen molar-refractivity contribution in [2.24, 2.45) is 11.8 Å². The molecule has 1 rings (SSSR count). The van der Waals surface area contributed by atoms with E-state index in [0.717, 1.165) is 19.1 Å². The number of aldehydes is 1. The smallest absolute Gasteiger partial charge is 0.313 e. The molecule has 1 aliphatic rings. The highest BCUT2D eigenvalue weighted by atomic mass is 16.5. The Morgan fingerprint density at radius 1 is 1.69 bits per heavy atom. The first-order valence-electron chi connectivity index (χ1n) is 4.58. The molecule has 0 bridgehead atoms. The summed E-state index contributed by atoms with van der Waals surface area (Å²) in [5.74, 6) is -0.828. The van der Waals surface area contributed by atoms with Crippen molar-refractivity contribution in [2.45, 2.75) is 19.8 Å². The molecular formula is C10H14O3. The summed E-state index contributed by atoms with van der Waals surface area (Å²) in [6, 6.07) is 0. The van der Waals surface area contributed by atoms with E-state index in [2.05, 4.69) is 0 Å². The Bertz CT molecular complexity index is 220. The first-order valence-corrected chi connectivity index (χ1v) is 4.58. The maximum atomic E-state index is 11.3. The molecule has 13 heavy (non-hydrogen) atoms. The fraction of sp³-hybridized carbons (Fsp3) is 0.600. The Morgan fingerprint density at radius 3 is 3.08 bits per heavy atom. The maximum Gasteiger partial charge on any atom is 0.313 e. The number of carbonyl (C=O) groups excluding carboxylic acids is 2. The van der Waals surface area contributed by atoms with Gasteiger partial charge in [-0.15, -0.1) is 0 Å². The quantitative estimate of drug-likeness (QED) is 0.375. The van der Waals surface area contributed by atoms with E-state index in [1.807, 2.05) is 6.08 Å². The zero-order valence-corrected chi connectivity index (χ0v) is 7.73. The SMILES string of the molecule is CCOC(=O)[C@H]1C=CCC[C@H]1C=O. The van der Waals surface area contributed by atoms with Crippen LogP contribution in [-0.2, 0) is 14.3 Å². The number of esters is 1. The third kappa shape index (κ3) is 2.41. The van der Waals surface area contributed by atoms with Gasteiger partial charge in [-0.3, -0.25) is 4.79 Å². The van der Waals surface area contributed by atoms with E-state index in [0.29, 0.717) is 6.61 Å². The molecule has 0 radical (unpaired) electrons. The van der Waals surface area contributed by atoms with Crippen molar-refractivity contribution in [2.75, 3.05) is 6.61 Å². The normalized spacial score (nSPS) is 26.8. The van der Waals surface area contributed by atoms with Gasteiger partial charge >= 0.3 is 5.97 Å². The van der Waals surface area contributed by atoms with Gasteiger partial charge in [0.1, 0.15) is 6.29 Å². The van der Waals surface area contributed by atoms with Crippen LogP contribution in [0.4, 0.5) is 0 Å². The summed E-state index contributed by atoms with van der Waals surface area (Å²) < 4.78 is 4.86. The number of allylic oxidation sites excluding steroid dienone is 1. The molecule has 0 spiro atoms. The Morgan fingerprint density at radius 2 is 2.46 bits per heavy atom. The predicted octanol–water partition coefficient (Wildman–Crippen LogP) is 1.33. The van der Waals surface area contributed by atoms with Crippen molar-refractivity contribution in [3.63, 3.8) is 0 Å². The van der Waals surface area contributed by atoms with Crippen molar-refractivity contribution in [1.82, 2.24) is 0 Å². The van der Waals surface area contributed by atoms with Gasteiger partial charge in [0, 0.05) is 5.92 Å². The second-order valence-corrected chi connectivity index (χ2v) is 3.08. The third-order valence-electron chi connectivity index (χ3n) is 2.20. The minimum Gasteiger partial charge on any atom is -0.466 e. The second-order valence-electron chi connectivity index (χ2n) is 3.08. The molecule has 0 saturated heterocycles. The van der Waals surface area contributed by atoms with E-state index >= 15 is 0 Å². The summed E-state index contributed by atoms with van der Waals surface area (Å²) in [5, 5.41) is 0. The fourth-order valence-electron chi connectivity index (χ4n) is 1.50. The van der Waals surface area contributed by atoms with Crippen LogP contribution in [0.3, 0.4) is 0 Å². The molecule has 72 valence electrons. The zero-order valence-electron chi connectivity index (χ0n) is 7.73. The van der Waals surface area contributed by atoms with Crippen LogP contribution in [0.2, 0.25) is 0 Å². The molecule has 0 aromatic rings. The topological polar surface area (TPSA) is 43.4 Å². The van der Waals surface area contributed by atoms with Crippen molar-refractivity contribution >= 4 is 12.3 Å². The first kappa shape index (κ1) is 9.96. The lowest BCUT2D eigenvalue weighted by Crippen LogP contribution is -2.27. The Kier molecular flexibility index (Phi) is 3.68. The van der Waals surface area contributed by atoms with Crippen molar-refractivity contribution in [1.29, 1.82) is 0 Å². The number of ether oxygens (including phenoxy) is 1. The van der Waals surface area contributed by atoms with Crippen LogP contribution < -0.4 is 0 Å². The lowest BCUT2D eigenvalue weighted by molar-refractivity contribution is -0.149. The van der Waals surface area contributed by atoms with Crippen LogP contribution in [0.5, 0.6) is 0 Å². The van der Waals surface area contributed by atoms with Gasteiger partial charge in [-0.05, 0) is 19.8 Å². The van der Waals surface area contributed by atoms with E-state index in [4.69, 9.17) is 4.74 Å². The minimum atomic E-state index is -0.355. The van der Waals surface area contributed by atoms with E-state index in [1.54, 1.807) is 13.0 Å². The van der Waals surface area contributed by atoms with Gasteiger partial charge < -0.3 is 9.53 Å². The molecule has 0 heterocycles. The van der Waals surface area contributed by atoms with Gasteiger partial charge in [0.15, 0.2) is 0 Å². The molecule has 2 atom stereocenters. The van der Waals surface area contributed by atoms with Crippen LogP contribution in [0, 0.1) is 11.8 Å². The Labute approximate surface area is 77.8 Å². The Hall–Kier alpha value is -1.12. The molecule has 0 aromatic carbocycles. The van der Waals surface area contributed by atoms with Gasteiger partial charge in [0.05, 0.1) is 12.5 Å². The summed E-state index contributed by atoms with van der Waals surface area (Å²) in [5.41, 5.74) is 0. The molecule has 0 aromatic heterocycles. The van der Waals surface area contributed by atoms with Gasteiger partial charge in [-0.1, -0.05) is 12.2 Å². The molecule has 3 heteroatoms. The minimum absolute atomic E-state index is 0.191. The van der Waals surface area contributed by atoms with Crippen molar-refractivity contribution < 1.29 is 14.3 Å². The highest BCUT2D eigenvalue weighted by molar-refractivity contribution is 5.79. The number of carbonyl (C=O) groups is 2. The lowest BCUT2D eigenvalue weighted by Gasteiger charge is -2.20. The summed E-state index contributed by atoms with van der Waals surface area (Å²) in [6.45, 7) is 2.13. The lowest BCUT2D eigenvalue weighted by atomic mass is 9.85. The second kappa shape index (κ2) is 4.80. The monoisotopic (exact) mass is 182 g/mol. The molecule has 0 amide bonds. The van der Waals surface area contributed by atoms with Crippen LogP contribution >= 0.6 is 0 Å². The van der Waals surface area contributed by atoms with E-state index < -0.39 is 0 Å². The molecular weight excluding hydrogens is 168 g/mol. The summed E-state index contributed by atoms with van der Waals surface area (Å²) in [6.07, 6.45) is 6.19. The van der Waals surface area contributed by atoms with Gasteiger partial charge in [-0.2, -0.15) is 0 Å². The van der Waals surface area contributed by atoms with Crippen molar-refractivity contribution in [3.8, 4) is 0 Å². The fourth-order valence-corrected chi connectivity index (χ4v) is 1.50. The molecule has 0 fully saturated rings. The standard InChI is InChI=1S/C10H14O3/c1-2-13-10(12)9-6-4-3-5-8(9)7-11/h4,6-9H,2-3,5H2,1H3/t8-,9-/m0/s1. The van der Waals surface area contributed by atoms with Gasteiger partial charge in [0.2, 0.25) is 0 Å². The largest absolute Gasteiger partial charge is 0.466 e. The highest BCUT2D eigenvalue weighted by Gasteiger charge is 2.28. The summed E-state index contributed by atoms with van der Waals surface area (Å²) in [4.78, 5) is 22.0. The first-order chi connectivity index (χ1) is 6.29. The summed E-state index contributed by atoms with van der Waals surface area (Å²) in [7, 11) is 0. The average Bonchev–Trinajstić information content (AvgIpc) is 2.18. The average molecular weight is 182 g/mol. The zero-order chi connectivity index (χ0) is 9.68. The number of rotatable bonds is 3. The summed E-state index contributed by atoms with van der Waals surface area (Å²) >= 11 is 0. The van der Waals surface area contributed by atoms with Gasteiger partial charge in [0.25, 0.3) is 0 Å². The Balaban J connectivity index is 2.63. The molecule has 1 aliphatic carbocycles. The van der Waals surface area contributed by atoms with E-state index in [-0.39, 0.29) is 17.8 Å². The van der Waals surface area contributed by atoms with Gasteiger partial charge in [-0.25, -0.2) is 0 Å². The maximum absolute atomic E-state index is 11.3. The molecule has 0 aliphatic heterocycles. The van der Waals surface area contributed by atoms with Crippen LogP contribution in [0.25, 0.3) is 0 Å². The van der Waals surface area contributed by atoms with E-state index in [9.17, 15) is 9.59 Å². The molecule has 0 unspecified atom stereocenters. The molecule has 0 N–H and O–H groups in total. The van der Waals surface area contributed by atoms with Crippen LogP contribution in [0.1, 0.15) is 19.8 Å². The molecule has 3 nitrogen and oxygen atoms in total. The van der Waals surface area contributed by atoms with Crippen LogP contribution in [0.15, 0.2) is 12.2 Å².